The van der Waals surface area contributed by atoms with Crippen molar-refractivity contribution in [1.82, 2.24) is 4.90 Å². The van der Waals surface area contributed by atoms with E-state index in [-0.39, 0.29) is 18.4 Å². The summed E-state index contributed by atoms with van der Waals surface area (Å²) in [6.45, 7) is 1.62. The van der Waals surface area contributed by atoms with E-state index in [0.29, 0.717) is 19.8 Å². The van der Waals surface area contributed by atoms with Crippen LogP contribution in [0.4, 0.5) is 0 Å². The van der Waals surface area contributed by atoms with Gasteiger partial charge in [-0.3, -0.25) is 4.79 Å². The zero-order valence-corrected chi connectivity index (χ0v) is 11.6. The third kappa shape index (κ3) is 3.83. The van der Waals surface area contributed by atoms with E-state index >= 15 is 0 Å². The van der Waals surface area contributed by atoms with Crippen LogP contribution in [-0.2, 0) is 16.1 Å². The molecule has 1 N–H and O–H groups in total. The number of carbonyl (C=O) groups is 1. The lowest BCUT2D eigenvalue weighted by molar-refractivity contribution is -0.134. The summed E-state index contributed by atoms with van der Waals surface area (Å²) in [5.74, 6) is 5.62. The van der Waals surface area contributed by atoms with Crippen molar-refractivity contribution >= 4 is 5.91 Å². The summed E-state index contributed by atoms with van der Waals surface area (Å²) in [5, 5.41) is 8.70. The average Bonchev–Trinajstić information content (AvgIpc) is 2.98. The summed E-state index contributed by atoms with van der Waals surface area (Å²) in [5.41, 5.74) is 1.88. The van der Waals surface area contributed by atoms with E-state index in [4.69, 9.17) is 9.84 Å². The van der Waals surface area contributed by atoms with Gasteiger partial charge in [0, 0.05) is 25.8 Å². The Labute approximate surface area is 119 Å². The molecule has 2 rings (SSSR count). The molecule has 0 radical (unpaired) electrons. The van der Waals surface area contributed by atoms with Crippen LogP contribution < -0.4 is 0 Å². The van der Waals surface area contributed by atoms with Gasteiger partial charge >= 0.3 is 0 Å². The summed E-state index contributed by atoms with van der Waals surface area (Å²) in [6, 6.07) is 7.71. The summed E-state index contributed by atoms with van der Waals surface area (Å²) in [6.07, 6.45) is 0.811. The molecule has 4 heteroatoms. The van der Waals surface area contributed by atoms with Gasteiger partial charge in [-0.25, -0.2) is 0 Å². The van der Waals surface area contributed by atoms with Gasteiger partial charge in [0.15, 0.2) is 0 Å². The average molecular weight is 273 g/mol. The molecule has 20 heavy (non-hydrogen) atoms. The molecule has 1 saturated heterocycles. The second kappa shape index (κ2) is 7.09. The fourth-order valence-corrected chi connectivity index (χ4v) is 2.28. The fourth-order valence-electron chi connectivity index (χ4n) is 2.28. The number of hydrogen-bond acceptors (Lipinski definition) is 3. The topological polar surface area (TPSA) is 49.8 Å². The first-order chi connectivity index (χ1) is 9.70. The number of benzene rings is 1. The number of amides is 1. The van der Waals surface area contributed by atoms with Crippen LogP contribution in [0, 0.1) is 17.8 Å². The molecule has 1 heterocycles. The molecule has 1 aromatic rings. The maximum absolute atomic E-state index is 12.2. The van der Waals surface area contributed by atoms with Crippen molar-refractivity contribution in [2.45, 2.75) is 13.0 Å². The molecule has 0 aliphatic carbocycles. The van der Waals surface area contributed by atoms with Crippen LogP contribution in [0.2, 0.25) is 0 Å². The van der Waals surface area contributed by atoms with E-state index in [1.54, 1.807) is 4.90 Å². The second-order valence-electron chi connectivity index (χ2n) is 4.92. The Kier molecular flexibility index (Phi) is 5.16. The fraction of sp³-hybridized carbons (Fsp3) is 0.438. The van der Waals surface area contributed by atoms with Crippen molar-refractivity contribution in [2.75, 3.05) is 26.9 Å². The molecule has 1 unspecified atom stereocenters. The van der Waals surface area contributed by atoms with E-state index in [9.17, 15) is 4.79 Å². The van der Waals surface area contributed by atoms with Gasteiger partial charge < -0.3 is 14.7 Å². The molecule has 1 aromatic carbocycles. The number of hydrogen-bond donors (Lipinski definition) is 1. The Bertz CT molecular complexity index is 524. The minimum absolute atomic E-state index is 0.00244. The lowest BCUT2D eigenvalue weighted by Crippen LogP contribution is -2.32. The van der Waals surface area contributed by atoms with E-state index in [1.807, 2.05) is 31.3 Å². The van der Waals surface area contributed by atoms with Crippen molar-refractivity contribution < 1.29 is 14.6 Å². The molecule has 1 amide bonds. The maximum Gasteiger partial charge on any atom is 0.228 e. The quantitative estimate of drug-likeness (QED) is 0.837. The van der Waals surface area contributed by atoms with Crippen molar-refractivity contribution in [1.29, 1.82) is 0 Å². The molecule has 106 valence electrons. The van der Waals surface area contributed by atoms with Crippen molar-refractivity contribution in [3.63, 3.8) is 0 Å². The van der Waals surface area contributed by atoms with Crippen LogP contribution in [0.3, 0.4) is 0 Å². The molecule has 0 saturated carbocycles. The standard InChI is InChI=1S/C16H19NO3/c1-17(16(19)15-7-9-20-12-15)11-14-5-2-4-13(10-14)6-3-8-18/h2,4-5,10,15,18H,7-9,11-12H2,1H3. The Balaban J connectivity index is 1.99. The van der Waals surface area contributed by atoms with Gasteiger partial charge in [-0.2, -0.15) is 0 Å². The highest BCUT2D eigenvalue weighted by Gasteiger charge is 2.26. The van der Waals surface area contributed by atoms with Crippen molar-refractivity contribution in [3.05, 3.63) is 35.4 Å². The van der Waals surface area contributed by atoms with Crippen LogP contribution in [0.25, 0.3) is 0 Å². The SMILES string of the molecule is CN(Cc1cccc(C#CCO)c1)C(=O)C1CCOC1. The highest BCUT2D eigenvalue weighted by atomic mass is 16.5. The molecule has 0 spiro atoms. The largest absolute Gasteiger partial charge is 0.384 e. The summed E-state index contributed by atoms with van der Waals surface area (Å²) < 4.78 is 5.25. The number of ether oxygens (including phenoxy) is 1. The van der Waals surface area contributed by atoms with Crippen LogP contribution in [-0.4, -0.2) is 42.8 Å². The van der Waals surface area contributed by atoms with Gasteiger partial charge in [-0.1, -0.05) is 24.0 Å². The first kappa shape index (κ1) is 14.6. The lowest BCUT2D eigenvalue weighted by atomic mass is 10.1. The number of nitrogens with zero attached hydrogens (tertiary/aromatic N) is 1. The molecule has 1 atom stereocenters. The molecule has 1 aliphatic heterocycles. The van der Waals surface area contributed by atoms with Crippen LogP contribution in [0.5, 0.6) is 0 Å². The summed E-state index contributed by atoms with van der Waals surface area (Å²) in [4.78, 5) is 13.9. The highest BCUT2D eigenvalue weighted by Crippen LogP contribution is 2.16. The van der Waals surface area contributed by atoms with E-state index < -0.39 is 0 Å². The number of rotatable bonds is 3. The van der Waals surface area contributed by atoms with Crippen LogP contribution >= 0.6 is 0 Å². The van der Waals surface area contributed by atoms with Crippen LogP contribution in [0.1, 0.15) is 17.5 Å². The minimum atomic E-state index is -0.149. The van der Waals surface area contributed by atoms with E-state index in [0.717, 1.165) is 17.5 Å². The molecular weight excluding hydrogens is 254 g/mol. The number of aliphatic hydroxyl groups is 1. The maximum atomic E-state index is 12.2. The van der Waals surface area contributed by atoms with Crippen molar-refractivity contribution in [3.8, 4) is 11.8 Å². The third-order valence-electron chi connectivity index (χ3n) is 3.31. The molecule has 1 fully saturated rings. The number of carbonyl (C=O) groups excluding carboxylic acids is 1. The normalized spacial score (nSPS) is 17.4. The Morgan fingerprint density at radius 1 is 1.55 bits per heavy atom. The summed E-state index contributed by atoms with van der Waals surface area (Å²) >= 11 is 0. The Morgan fingerprint density at radius 3 is 3.10 bits per heavy atom. The molecule has 4 nitrogen and oxygen atoms in total. The Hall–Kier alpha value is -1.83. The minimum Gasteiger partial charge on any atom is -0.384 e. The summed E-state index contributed by atoms with van der Waals surface area (Å²) in [7, 11) is 1.81. The predicted octanol–water partition coefficient (Wildman–Crippen LogP) is 1.03. The highest BCUT2D eigenvalue weighted by molar-refractivity contribution is 5.78. The second-order valence-corrected chi connectivity index (χ2v) is 4.92. The van der Waals surface area contributed by atoms with Gasteiger partial charge in [0.2, 0.25) is 5.91 Å². The molecule has 1 aliphatic rings. The lowest BCUT2D eigenvalue weighted by Gasteiger charge is -2.20. The van der Waals surface area contributed by atoms with Gasteiger partial charge in [0.25, 0.3) is 0 Å². The van der Waals surface area contributed by atoms with Gasteiger partial charge in [-0.15, -0.1) is 0 Å². The monoisotopic (exact) mass is 273 g/mol. The predicted molar refractivity (Wildman–Crippen MR) is 75.8 cm³/mol. The zero-order chi connectivity index (χ0) is 14.4. The smallest absolute Gasteiger partial charge is 0.228 e. The van der Waals surface area contributed by atoms with E-state index in [1.165, 1.54) is 0 Å². The van der Waals surface area contributed by atoms with Gasteiger partial charge in [-0.05, 0) is 24.1 Å². The molecule has 0 bridgehead atoms. The van der Waals surface area contributed by atoms with Gasteiger partial charge in [0.1, 0.15) is 6.61 Å². The third-order valence-corrected chi connectivity index (χ3v) is 3.31. The van der Waals surface area contributed by atoms with E-state index in [2.05, 4.69) is 11.8 Å². The van der Waals surface area contributed by atoms with Crippen molar-refractivity contribution in [2.24, 2.45) is 5.92 Å². The first-order valence-electron chi connectivity index (χ1n) is 6.72. The van der Waals surface area contributed by atoms with Crippen LogP contribution in [0.15, 0.2) is 24.3 Å². The van der Waals surface area contributed by atoms with Gasteiger partial charge in [0.05, 0.1) is 12.5 Å². The molecule has 0 aromatic heterocycles. The molecular formula is C16H19NO3. The Morgan fingerprint density at radius 2 is 2.40 bits per heavy atom. The first-order valence-corrected chi connectivity index (χ1v) is 6.72. The zero-order valence-electron chi connectivity index (χ0n) is 11.6. The number of aliphatic hydroxyl groups excluding tert-OH is 1.